The monoisotopic (exact) mass is 326 g/mol. The van der Waals surface area contributed by atoms with Gasteiger partial charge in [0.25, 0.3) is 5.91 Å². The number of hydrogen-bond acceptors (Lipinski definition) is 4. The maximum absolute atomic E-state index is 12.3. The van der Waals surface area contributed by atoms with E-state index in [1.807, 2.05) is 0 Å². The van der Waals surface area contributed by atoms with Gasteiger partial charge >= 0.3 is 0 Å². The van der Waals surface area contributed by atoms with Crippen LogP contribution in [0.1, 0.15) is 28.8 Å². The van der Waals surface area contributed by atoms with Crippen molar-refractivity contribution in [2.24, 2.45) is 5.41 Å². The minimum atomic E-state index is -3.59. The van der Waals surface area contributed by atoms with E-state index in [-0.39, 0.29) is 22.8 Å². The minimum Gasteiger partial charge on any atom is -0.396 e. The minimum absolute atomic E-state index is 0.0570. The van der Waals surface area contributed by atoms with Gasteiger partial charge in [0.15, 0.2) is 0 Å². The van der Waals surface area contributed by atoms with Gasteiger partial charge in [0.05, 0.1) is 11.5 Å². The van der Waals surface area contributed by atoms with Gasteiger partial charge in [-0.25, -0.2) is 12.7 Å². The van der Waals surface area contributed by atoms with Crippen LogP contribution in [0.2, 0.25) is 0 Å². The van der Waals surface area contributed by atoms with Gasteiger partial charge in [-0.05, 0) is 37.5 Å². The lowest BCUT2D eigenvalue weighted by molar-refractivity contribution is 0.0935. The number of sulfonamides is 1. The van der Waals surface area contributed by atoms with E-state index in [9.17, 15) is 18.3 Å². The third-order valence-corrected chi connectivity index (χ3v) is 6.08. The van der Waals surface area contributed by atoms with Crippen molar-refractivity contribution >= 4 is 15.9 Å². The van der Waals surface area contributed by atoms with Gasteiger partial charge in [-0.3, -0.25) is 4.79 Å². The molecule has 2 rings (SSSR count). The Balaban J connectivity index is 2.20. The number of aliphatic hydroxyl groups excluding tert-OH is 1. The molecule has 1 aromatic rings. The van der Waals surface area contributed by atoms with Gasteiger partial charge in [-0.15, -0.1) is 0 Å². The summed E-state index contributed by atoms with van der Waals surface area (Å²) in [4.78, 5) is 12.3. The second-order valence-corrected chi connectivity index (χ2v) is 8.23. The highest BCUT2D eigenvalue weighted by Crippen LogP contribution is 2.44. The van der Waals surface area contributed by atoms with Crippen molar-refractivity contribution in [2.45, 2.75) is 24.7 Å². The smallest absolute Gasteiger partial charge is 0.251 e. The quantitative estimate of drug-likeness (QED) is 0.807. The van der Waals surface area contributed by atoms with Crippen LogP contribution in [0, 0.1) is 12.3 Å². The first kappa shape index (κ1) is 16.9. The Morgan fingerprint density at radius 2 is 2.00 bits per heavy atom. The Morgan fingerprint density at radius 3 is 2.50 bits per heavy atom. The molecule has 0 radical (unpaired) electrons. The molecular formula is C15H22N2O4S. The molecule has 1 aromatic carbocycles. The fraction of sp³-hybridized carbons (Fsp3) is 0.533. The molecule has 0 atom stereocenters. The molecule has 1 saturated carbocycles. The lowest BCUT2D eigenvalue weighted by atomic mass is 10.1. The molecule has 2 N–H and O–H groups in total. The third-order valence-electron chi connectivity index (χ3n) is 4.13. The number of carbonyl (C=O) groups is 1. The summed E-state index contributed by atoms with van der Waals surface area (Å²) in [5, 5.41) is 12.0. The summed E-state index contributed by atoms with van der Waals surface area (Å²) in [6, 6.07) is 4.64. The molecule has 0 spiro atoms. The van der Waals surface area contributed by atoms with Crippen LogP contribution in [0.25, 0.3) is 0 Å². The Labute approximate surface area is 131 Å². The Kier molecular flexibility index (Phi) is 4.60. The topological polar surface area (TPSA) is 86.7 Å². The van der Waals surface area contributed by atoms with Gasteiger partial charge < -0.3 is 10.4 Å². The molecule has 122 valence electrons. The van der Waals surface area contributed by atoms with Crippen LogP contribution in [-0.2, 0) is 10.0 Å². The summed E-state index contributed by atoms with van der Waals surface area (Å²) >= 11 is 0. The summed E-state index contributed by atoms with van der Waals surface area (Å²) in [6.45, 7) is 2.16. The molecule has 22 heavy (non-hydrogen) atoms. The molecule has 0 bridgehead atoms. The highest BCUT2D eigenvalue weighted by Gasteiger charge is 2.42. The van der Waals surface area contributed by atoms with E-state index in [1.54, 1.807) is 19.1 Å². The zero-order valence-electron chi connectivity index (χ0n) is 13.1. The van der Waals surface area contributed by atoms with Gasteiger partial charge in [0.2, 0.25) is 10.0 Å². The summed E-state index contributed by atoms with van der Waals surface area (Å²) in [5.74, 6) is -0.324. The van der Waals surface area contributed by atoms with E-state index in [0.717, 1.165) is 17.1 Å². The molecule has 0 aliphatic heterocycles. The zero-order valence-corrected chi connectivity index (χ0v) is 13.9. The second-order valence-electron chi connectivity index (χ2n) is 6.11. The SMILES string of the molecule is Cc1ccc(C(=O)NCC2(CO)CC2)cc1S(=O)(=O)N(C)C. The first-order chi connectivity index (χ1) is 10.2. The van der Waals surface area contributed by atoms with E-state index >= 15 is 0 Å². The average molecular weight is 326 g/mol. The number of nitrogens with one attached hydrogen (secondary N) is 1. The van der Waals surface area contributed by atoms with Gasteiger partial charge in [0.1, 0.15) is 0 Å². The number of hydrogen-bond donors (Lipinski definition) is 2. The Morgan fingerprint density at radius 1 is 1.36 bits per heavy atom. The van der Waals surface area contributed by atoms with E-state index in [1.165, 1.54) is 20.2 Å². The summed E-state index contributed by atoms with van der Waals surface area (Å²) in [6.07, 6.45) is 1.80. The number of rotatable bonds is 6. The summed E-state index contributed by atoms with van der Waals surface area (Å²) < 4.78 is 25.7. The highest BCUT2D eigenvalue weighted by atomic mass is 32.2. The summed E-state index contributed by atoms with van der Waals surface area (Å²) in [7, 11) is -0.670. The van der Waals surface area contributed by atoms with Crippen molar-refractivity contribution in [1.82, 2.24) is 9.62 Å². The molecule has 0 heterocycles. The number of carbonyl (C=O) groups excluding carboxylic acids is 1. The molecule has 0 saturated heterocycles. The van der Waals surface area contributed by atoms with Crippen LogP contribution in [0.3, 0.4) is 0 Å². The van der Waals surface area contributed by atoms with E-state index in [2.05, 4.69) is 5.32 Å². The van der Waals surface area contributed by atoms with E-state index in [0.29, 0.717) is 17.7 Å². The normalized spacial score (nSPS) is 16.6. The molecule has 6 nitrogen and oxygen atoms in total. The molecular weight excluding hydrogens is 304 g/mol. The maximum atomic E-state index is 12.3. The van der Waals surface area contributed by atoms with Crippen molar-refractivity contribution < 1.29 is 18.3 Å². The predicted molar refractivity (Wildman–Crippen MR) is 83.1 cm³/mol. The molecule has 1 amide bonds. The largest absolute Gasteiger partial charge is 0.396 e. The molecule has 1 fully saturated rings. The van der Waals surface area contributed by atoms with Crippen LogP contribution in [0.5, 0.6) is 0 Å². The van der Waals surface area contributed by atoms with Gasteiger partial charge in [-0.1, -0.05) is 6.07 Å². The van der Waals surface area contributed by atoms with Gasteiger partial charge in [-0.2, -0.15) is 0 Å². The highest BCUT2D eigenvalue weighted by molar-refractivity contribution is 7.89. The third kappa shape index (κ3) is 3.31. The molecule has 0 unspecified atom stereocenters. The summed E-state index contributed by atoms with van der Waals surface area (Å²) in [5.41, 5.74) is 0.720. The fourth-order valence-corrected chi connectivity index (χ4v) is 3.30. The molecule has 1 aliphatic rings. The molecule has 0 aromatic heterocycles. The standard InChI is InChI=1S/C15H22N2O4S/c1-11-4-5-12(8-13(11)22(20,21)17(2)3)14(19)16-9-15(10-18)6-7-15/h4-5,8,18H,6-7,9-10H2,1-3H3,(H,16,19). The Hall–Kier alpha value is -1.44. The first-order valence-electron chi connectivity index (χ1n) is 7.14. The lowest BCUT2D eigenvalue weighted by Crippen LogP contribution is -2.32. The zero-order chi connectivity index (χ0) is 16.5. The van der Waals surface area contributed by atoms with Crippen molar-refractivity contribution in [3.8, 4) is 0 Å². The van der Waals surface area contributed by atoms with E-state index < -0.39 is 10.0 Å². The molecule has 7 heteroatoms. The van der Waals surface area contributed by atoms with Crippen LogP contribution in [-0.4, -0.2) is 51.0 Å². The lowest BCUT2D eigenvalue weighted by Gasteiger charge is -2.16. The van der Waals surface area contributed by atoms with Crippen LogP contribution in [0.4, 0.5) is 0 Å². The number of aliphatic hydroxyl groups is 1. The first-order valence-corrected chi connectivity index (χ1v) is 8.58. The van der Waals surface area contributed by atoms with Gasteiger partial charge in [0, 0.05) is 31.6 Å². The molecule has 1 aliphatic carbocycles. The second kappa shape index (κ2) is 5.98. The maximum Gasteiger partial charge on any atom is 0.251 e. The van der Waals surface area contributed by atoms with Crippen molar-refractivity contribution in [3.63, 3.8) is 0 Å². The number of aryl methyl sites for hydroxylation is 1. The Bertz CT molecular complexity index is 679. The van der Waals surface area contributed by atoms with Crippen LogP contribution < -0.4 is 5.32 Å². The number of benzene rings is 1. The average Bonchev–Trinajstić information content (AvgIpc) is 3.25. The van der Waals surface area contributed by atoms with Crippen molar-refractivity contribution in [1.29, 1.82) is 0 Å². The van der Waals surface area contributed by atoms with Crippen molar-refractivity contribution in [2.75, 3.05) is 27.2 Å². The number of amides is 1. The number of nitrogens with zero attached hydrogens (tertiary/aromatic N) is 1. The van der Waals surface area contributed by atoms with E-state index in [4.69, 9.17) is 0 Å². The van der Waals surface area contributed by atoms with Crippen molar-refractivity contribution in [3.05, 3.63) is 29.3 Å². The van der Waals surface area contributed by atoms with Crippen LogP contribution >= 0.6 is 0 Å². The predicted octanol–water partition coefficient (Wildman–Crippen LogP) is 0.748. The fourth-order valence-electron chi connectivity index (χ4n) is 2.15. The van der Waals surface area contributed by atoms with Crippen LogP contribution in [0.15, 0.2) is 23.1 Å².